The second kappa shape index (κ2) is 10.7. The van der Waals surface area contributed by atoms with Crippen molar-refractivity contribution in [2.75, 3.05) is 6.54 Å². The third-order valence-corrected chi connectivity index (χ3v) is 3.22. The summed E-state index contributed by atoms with van der Waals surface area (Å²) in [6.07, 6.45) is 3.06. The maximum Gasteiger partial charge on any atom is 0.0693 e. The van der Waals surface area contributed by atoms with Gasteiger partial charge in [0, 0.05) is 6.04 Å². The molecule has 0 rings (SSSR count). The molecule has 5 nitrogen and oxygen atoms in total. The van der Waals surface area contributed by atoms with Crippen molar-refractivity contribution < 1.29 is 15.3 Å². The molecule has 0 radical (unpaired) electrons. The van der Waals surface area contributed by atoms with Crippen LogP contribution in [0.25, 0.3) is 0 Å². The Morgan fingerprint density at radius 1 is 0.944 bits per heavy atom. The van der Waals surface area contributed by atoms with Gasteiger partial charge in [0.05, 0.1) is 18.3 Å². The summed E-state index contributed by atoms with van der Waals surface area (Å²) in [4.78, 5) is 0. The highest BCUT2D eigenvalue weighted by atomic mass is 16.3. The number of unbranched alkanes of at least 4 members (excludes halogenated alkanes) is 1. The van der Waals surface area contributed by atoms with Gasteiger partial charge >= 0.3 is 0 Å². The van der Waals surface area contributed by atoms with Crippen LogP contribution in [0.1, 0.15) is 51.9 Å². The van der Waals surface area contributed by atoms with Crippen LogP contribution in [0.3, 0.4) is 0 Å². The van der Waals surface area contributed by atoms with Crippen molar-refractivity contribution in [1.82, 2.24) is 0 Å². The fourth-order valence-electron chi connectivity index (χ4n) is 1.94. The summed E-state index contributed by atoms with van der Waals surface area (Å²) >= 11 is 0. The summed E-state index contributed by atoms with van der Waals surface area (Å²) in [5, 5.41) is 29.0. The highest BCUT2D eigenvalue weighted by molar-refractivity contribution is 4.76. The quantitative estimate of drug-likeness (QED) is 0.363. The number of hydrogen-bond acceptors (Lipinski definition) is 5. The van der Waals surface area contributed by atoms with Crippen molar-refractivity contribution in [3.05, 3.63) is 0 Å². The van der Waals surface area contributed by atoms with Crippen LogP contribution < -0.4 is 11.5 Å². The van der Waals surface area contributed by atoms with Crippen LogP contribution in [0.5, 0.6) is 0 Å². The van der Waals surface area contributed by atoms with E-state index in [0.29, 0.717) is 32.2 Å². The van der Waals surface area contributed by atoms with Crippen molar-refractivity contribution in [3.8, 4) is 0 Å². The lowest BCUT2D eigenvalue weighted by atomic mass is 9.97. The Hall–Kier alpha value is -0.200. The Kier molecular flexibility index (Phi) is 10.6. The summed E-state index contributed by atoms with van der Waals surface area (Å²) in [7, 11) is 0. The van der Waals surface area contributed by atoms with E-state index in [2.05, 4.69) is 6.92 Å². The number of rotatable bonds is 11. The van der Waals surface area contributed by atoms with E-state index >= 15 is 0 Å². The molecule has 0 aliphatic carbocycles. The zero-order valence-electron chi connectivity index (χ0n) is 11.5. The Labute approximate surface area is 110 Å². The monoisotopic (exact) mass is 262 g/mol. The van der Waals surface area contributed by atoms with Crippen LogP contribution >= 0.6 is 0 Å². The van der Waals surface area contributed by atoms with Crippen molar-refractivity contribution in [3.63, 3.8) is 0 Å². The van der Waals surface area contributed by atoms with E-state index in [4.69, 9.17) is 11.5 Å². The zero-order valence-corrected chi connectivity index (χ0v) is 11.5. The molecule has 18 heavy (non-hydrogen) atoms. The summed E-state index contributed by atoms with van der Waals surface area (Å²) in [6, 6.07) is -0.429. The average Bonchev–Trinajstić information content (AvgIpc) is 2.33. The molecule has 7 N–H and O–H groups in total. The molecule has 110 valence electrons. The van der Waals surface area contributed by atoms with E-state index in [1.165, 1.54) is 0 Å². The molecule has 0 fully saturated rings. The molecule has 0 aromatic rings. The normalized spacial score (nSPS) is 18.3. The molecule has 0 spiro atoms. The van der Waals surface area contributed by atoms with Gasteiger partial charge in [-0.2, -0.15) is 0 Å². The highest BCUT2D eigenvalue weighted by Gasteiger charge is 2.19. The Balaban J connectivity index is 3.77. The Morgan fingerprint density at radius 3 is 2.17 bits per heavy atom. The predicted octanol–water partition coefficient (Wildman–Crippen LogP) is 0.106. The van der Waals surface area contributed by atoms with E-state index in [1.54, 1.807) is 0 Å². The highest BCUT2D eigenvalue weighted by Crippen LogP contribution is 2.12. The van der Waals surface area contributed by atoms with E-state index in [1.807, 2.05) is 0 Å². The van der Waals surface area contributed by atoms with Gasteiger partial charge in [-0.15, -0.1) is 0 Å². The van der Waals surface area contributed by atoms with Crippen LogP contribution in [0, 0.1) is 0 Å². The maximum absolute atomic E-state index is 9.83. The molecule has 0 aliphatic rings. The molecule has 0 aromatic carbocycles. The van der Waals surface area contributed by atoms with Gasteiger partial charge in [-0.25, -0.2) is 0 Å². The molecule has 4 unspecified atom stereocenters. The zero-order chi connectivity index (χ0) is 14.0. The SMILES string of the molecule is CCCCC(O)CC(N)C(O)CCC(O)CCN. The van der Waals surface area contributed by atoms with Gasteiger partial charge in [0.1, 0.15) is 0 Å². The molecule has 0 heterocycles. The Morgan fingerprint density at radius 2 is 1.61 bits per heavy atom. The van der Waals surface area contributed by atoms with Crippen molar-refractivity contribution in [2.24, 2.45) is 11.5 Å². The van der Waals surface area contributed by atoms with Gasteiger partial charge in [0.2, 0.25) is 0 Å². The van der Waals surface area contributed by atoms with Crippen LogP contribution in [0.4, 0.5) is 0 Å². The lowest BCUT2D eigenvalue weighted by Gasteiger charge is -2.22. The van der Waals surface area contributed by atoms with Gasteiger partial charge in [-0.05, 0) is 38.6 Å². The molecule has 0 saturated carbocycles. The van der Waals surface area contributed by atoms with E-state index in [-0.39, 0.29) is 0 Å². The van der Waals surface area contributed by atoms with Crippen LogP contribution in [-0.2, 0) is 0 Å². The fourth-order valence-corrected chi connectivity index (χ4v) is 1.94. The topological polar surface area (TPSA) is 113 Å². The van der Waals surface area contributed by atoms with E-state index in [0.717, 1.165) is 19.3 Å². The average molecular weight is 262 g/mol. The second-order valence-electron chi connectivity index (χ2n) is 5.07. The lowest BCUT2D eigenvalue weighted by molar-refractivity contribution is 0.0692. The second-order valence-corrected chi connectivity index (χ2v) is 5.07. The molecule has 4 atom stereocenters. The first-order chi connectivity index (χ1) is 8.51. The summed E-state index contributed by atoms with van der Waals surface area (Å²) in [6.45, 7) is 2.51. The Bertz CT molecular complexity index is 193. The largest absolute Gasteiger partial charge is 0.393 e. The van der Waals surface area contributed by atoms with Gasteiger partial charge < -0.3 is 26.8 Å². The number of aliphatic hydroxyl groups excluding tert-OH is 3. The van der Waals surface area contributed by atoms with Gasteiger partial charge in [-0.1, -0.05) is 19.8 Å². The minimum absolute atomic E-state index is 0.411. The van der Waals surface area contributed by atoms with Gasteiger partial charge in [-0.3, -0.25) is 0 Å². The smallest absolute Gasteiger partial charge is 0.0693 e. The molecule has 0 bridgehead atoms. The molecule has 5 heteroatoms. The first kappa shape index (κ1) is 17.8. The third kappa shape index (κ3) is 8.83. The molecule has 0 amide bonds. The third-order valence-electron chi connectivity index (χ3n) is 3.22. The first-order valence-corrected chi connectivity index (χ1v) is 7.01. The lowest BCUT2D eigenvalue weighted by Crippen LogP contribution is -2.38. The van der Waals surface area contributed by atoms with Gasteiger partial charge in [0.25, 0.3) is 0 Å². The molecule has 0 aliphatic heterocycles. The fraction of sp³-hybridized carbons (Fsp3) is 1.00. The molecule has 0 saturated heterocycles. The summed E-state index contributed by atoms with van der Waals surface area (Å²) in [5.74, 6) is 0. The molecule has 0 aromatic heterocycles. The van der Waals surface area contributed by atoms with Crippen molar-refractivity contribution in [2.45, 2.75) is 76.2 Å². The van der Waals surface area contributed by atoms with Crippen LogP contribution in [0.15, 0.2) is 0 Å². The summed E-state index contributed by atoms with van der Waals surface area (Å²) in [5.41, 5.74) is 11.2. The number of aliphatic hydroxyl groups is 3. The minimum atomic E-state index is -0.672. The first-order valence-electron chi connectivity index (χ1n) is 7.01. The van der Waals surface area contributed by atoms with Crippen molar-refractivity contribution in [1.29, 1.82) is 0 Å². The van der Waals surface area contributed by atoms with Crippen LogP contribution in [0.2, 0.25) is 0 Å². The predicted molar refractivity (Wildman–Crippen MR) is 73.0 cm³/mol. The number of nitrogens with two attached hydrogens (primary N) is 2. The number of hydrogen-bond donors (Lipinski definition) is 5. The molecular weight excluding hydrogens is 232 g/mol. The van der Waals surface area contributed by atoms with E-state index < -0.39 is 24.4 Å². The van der Waals surface area contributed by atoms with Gasteiger partial charge in [0.15, 0.2) is 0 Å². The minimum Gasteiger partial charge on any atom is -0.393 e. The molecular formula is C13H30N2O3. The van der Waals surface area contributed by atoms with Crippen LogP contribution in [-0.4, -0.2) is 46.2 Å². The van der Waals surface area contributed by atoms with Crippen molar-refractivity contribution >= 4 is 0 Å². The standard InChI is InChI=1S/C13H30N2O3/c1-2-3-4-11(17)9-12(15)13(18)6-5-10(16)7-8-14/h10-13,16-18H,2-9,14-15H2,1H3. The summed E-state index contributed by atoms with van der Waals surface area (Å²) < 4.78 is 0. The maximum atomic E-state index is 9.83. The van der Waals surface area contributed by atoms with E-state index in [9.17, 15) is 15.3 Å².